The Labute approximate surface area is 165 Å². The first kappa shape index (κ1) is 19.8. The third kappa shape index (κ3) is 3.57. The summed E-state index contributed by atoms with van der Waals surface area (Å²) < 4.78 is 17.0. The summed E-state index contributed by atoms with van der Waals surface area (Å²) in [5.41, 5.74) is 7.34. The van der Waals surface area contributed by atoms with E-state index in [1.807, 2.05) is 26.8 Å². The first-order chi connectivity index (χ1) is 13.3. The number of Topliss-reactive ketones (excluding diaryl/α,β-unsaturated/α-hetero) is 1. The molecule has 0 saturated heterocycles. The van der Waals surface area contributed by atoms with Crippen molar-refractivity contribution in [3.8, 4) is 17.6 Å². The molecular weight excluding hydrogens is 356 g/mol. The third-order valence-electron chi connectivity index (χ3n) is 5.07. The van der Waals surface area contributed by atoms with Crippen LogP contribution >= 0.6 is 0 Å². The summed E-state index contributed by atoms with van der Waals surface area (Å²) in [7, 11) is 1.58. The van der Waals surface area contributed by atoms with Crippen LogP contribution < -0.4 is 15.2 Å². The molecule has 1 aromatic carbocycles. The van der Waals surface area contributed by atoms with Crippen molar-refractivity contribution >= 4 is 5.78 Å². The number of hydrogen-bond acceptors (Lipinski definition) is 6. The molecule has 0 aromatic heterocycles. The van der Waals surface area contributed by atoms with Crippen LogP contribution in [0.15, 0.2) is 41.0 Å². The van der Waals surface area contributed by atoms with Crippen LogP contribution in [-0.2, 0) is 9.53 Å². The summed E-state index contributed by atoms with van der Waals surface area (Å²) in [5.74, 6) is 1.21. The van der Waals surface area contributed by atoms with E-state index >= 15 is 0 Å². The van der Waals surface area contributed by atoms with E-state index in [-0.39, 0.29) is 22.7 Å². The molecule has 0 radical (unpaired) electrons. The molecule has 6 heteroatoms. The Bertz CT molecular complexity index is 906. The number of ketones is 1. The van der Waals surface area contributed by atoms with Gasteiger partial charge in [-0.1, -0.05) is 26.8 Å². The number of nitrogens with zero attached hydrogens (tertiary/aromatic N) is 1. The Morgan fingerprint density at radius 2 is 2.11 bits per heavy atom. The Morgan fingerprint density at radius 3 is 2.75 bits per heavy atom. The molecular formula is C22H26N2O4. The van der Waals surface area contributed by atoms with Gasteiger partial charge in [0.2, 0.25) is 5.88 Å². The van der Waals surface area contributed by atoms with Crippen LogP contribution in [0.4, 0.5) is 0 Å². The highest BCUT2D eigenvalue weighted by atomic mass is 16.5. The molecule has 1 atom stereocenters. The summed E-state index contributed by atoms with van der Waals surface area (Å²) in [6.45, 7) is 6.57. The number of ether oxygens (including phenoxy) is 3. The molecule has 3 rings (SSSR count). The summed E-state index contributed by atoms with van der Waals surface area (Å²) in [4.78, 5) is 13.1. The zero-order valence-electron chi connectivity index (χ0n) is 16.8. The smallest absolute Gasteiger partial charge is 0.205 e. The summed E-state index contributed by atoms with van der Waals surface area (Å²) in [6.07, 6.45) is 1.81. The van der Waals surface area contributed by atoms with Gasteiger partial charge in [0, 0.05) is 30.0 Å². The van der Waals surface area contributed by atoms with Crippen LogP contribution in [0.3, 0.4) is 0 Å². The molecule has 1 aliphatic carbocycles. The molecule has 0 fully saturated rings. The van der Waals surface area contributed by atoms with Gasteiger partial charge in [-0.3, -0.25) is 4.79 Å². The number of carbonyl (C=O) groups is 1. The number of nitriles is 1. The van der Waals surface area contributed by atoms with Gasteiger partial charge in [-0.05, 0) is 17.9 Å². The average molecular weight is 382 g/mol. The van der Waals surface area contributed by atoms with E-state index in [9.17, 15) is 10.1 Å². The van der Waals surface area contributed by atoms with Gasteiger partial charge in [0.25, 0.3) is 0 Å². The summed E-state index contributed by atoms with van der Waals surface area (Å²) in [6, 6.07) is 7.56. The number of carbonyl (C=O) groups excluding carboxylic acids is 1. The molecule has 1 heterocycles. The molecule has 6 nitrogen and oxygen atoms in total. The van der Waals surface area contributed by atoms with Crippen molar-refractivity contribution in [3.63, 3.8) is 0 Å². The highest BCUT2D eigenvalue weighted by molar-refractivity contribution is 6.00. The number of nitrogens with two attached hydrogens (primary N) is 1. The van der Waals surface area contributed by atoms with Crippen molar-refractivity contribution in [2.75, 3.05) is 13.7 Å². The second-order valence-corrected chi connectivity index (χ2v) is 7.95. The predicted molar refractivity (Wildman–Crippen MR) is 104 cm³/mol. The molecule has 2 aliphatic rings. The van der Waals surface area contributed by atoms with Crippen LogP contribution in [0, 0.1) is 16.7 Å². The van der Waals surface area contributed by atoms with Crippen LogP contribution in [-0.4, -0.2) is 19.5 Å². The SMILES string of the molecule is CCCOc1cc(OC)ccc1[C@H]1C(C#N)=C(N)OC2=C1C(=O)CC(C)(C)C2. The van der Waals surface area contributed by atoms with Crippen molar-refractivity contribution in [2.24, 2.45) is 11.1 Å². The maximum Gasteiger partial charge on any atom is 0.205 e. The third-order valence-corrected chi connectivity index (χ3v) is 5.07. The van der Waals surface area contributed by atoms with Crippen molar-refractivity contribution in [2.45, 2.75) is 46.0 Å². The van der Waals surface area contributed by atoms with Gasteiger partial charge >= 0.3 is 0 Å². The fraction of sp³-hybridized carbons (Fsp3) is 0.455. The van der Waals surface area contributed by atoms with E-state index in [1.54, 1.807) is 19.2 Å². The van der Waals surface area contributed by atoms with Crippen LogP contribution in [0.1, 0.15) is 51.5 Å². The topological polar surface area (TPSA) is 94.6 Å². The molecule has 2 N–H and O–H groups in total. The number of methoxy groups -OCH3 is 1. The molecule has 0 spiro atoms. The highest BCUT2D eigenvalue weighted by Crippen LogP contribution is 2.49. The van der Waals surface area contributed by atoms with E-state index in [0.717, 1.165) is 12.0 Å². The Kier molecular flexibility index (Phi) is 5.37. The standard InChI is InChI=1S/C22H26N2O4/c1-5-8-27-17-9-13(26-4)6-7-14(17)19-15(12-23)21(24)28-18-11-22(2,3)10-16(25)20(18)19/h6-7,9,19H,5,8,10-11,24H2,1-4H3/t19-/m0/s1. The molecule has 148 valence electrons. The maximum atomic E-state index is 13.1. The fourth-order valence-electron chi connectivity index (χ4n) is 3.81. The minimum absolute atomic E-state index is 0.0197. The van der Waals surface area contributed by atoms with Gasteiger partial charge in [-0.25, -0.2) is 0 Å². The number of rotatable bonds is 5. The molecule has 1 aromatic rings. The molecule has 1 aliphatic heterocycles. The fourth-order valence-corrected chi connectivity index (χ4v) is 3.81. The van der Waals surface area contributed by atoms with Gasteiger partial charge in [-0.2, -0.15) is 5.26 Å². The molecule has 0 saturated carbocycles. The minimum Gasteiger partial charge on any atom is -0.497 e. The Balaban J connectivity index is 2.19. The van der Waals surface area contributed by atoms with Gasteiger partial charge in [0.1, 0.15) is 28.9 Å². The predicted octanol–water partition coefficient (Wildman–Crippen LogP) is 3.93. The van der Waals surface area contributed by atoms with Crippen LogP contribution in [0.5, 0.6) is 11.5 Å². The Morgan fingerprint density at radius 1 is 1.36 bits per heavy atom. The molecule has 28 heavy (non-hydrogen) atoms. The average Bonchev–Trinajstić information content (AvgIpc) is 2.64. The lowest BCUT2D eigenvalue weighted by Gasteiger charge is -2.37. The zero-order valence-corrected chi connectivity index (χ0v) is 16.8. The van der Waals surface area contributed by atoms with Crippen molar-refractivity contribution < 1.29 is 19.0 Å². The first-order valence-corrected chi connectivity index (χ1v) is 9.46. The molecule has 0 bridgehead atoms. The van der Waals surface area contributed by atoms with Gasteiger partial charge in [-0.15, -0.1) is 0 Å². The lowest BCUT2D eigenvalue weighted by molar-refractivity contribution is -0.119. The van der Waals surface area contributed by atoms with Gasteiger partial charge in [0.15, 0.2) is 5.78 Å². The van der Waals surface area contributed by atoms with E-state index in [4.69, 9.17) is 19.9 Å². The number of benzene rings is 1. The molecule has 0 amide bonds. The second kappa shape index (κ2) is 7.59. The largest absolute Gasteiger partial charge is 0.497 e. The van der Waals surface area contributed by atoms with Gasteiger partial charge < -0.3 is 19.9 Å². The number of hydrogen-bond donors (Lipinski definition) is 1. The van der Waals surface area contributed by atoms with E-state index < -0.39 is 5.92 Å². The summed E-state index contributed by atoms with van der Waals surface area (Å²) in [5, 5.41) is 9.77. The normalized spacial score (nSPS) is 21.0. The van der Waals surface area contributed by atoms with E-state index in [0.29, 0.717) is 42.3 Å². The number of allylic oxidation sites excluding steroid dienone is 3. The van der Waals surface area contributed by atoms with Crippen molar-refractivity contribution in [1.29, 1.82) is 5.26 Å². The monoisotopic (exact) mass is 382 g/mol. The lowest BCUT2D eigenvalue weighted by atomic mass is 9.70. The van der Waals surface area contributed by atoms with Gasteiger partial charge in [0.05, 0.1) is 19.6 Å². The zero-order chi connectivity index (χ0) is 20.5. The van der Waals surface area contributed by atoms with E-state index in [2.05, 4.69) is 6.07 Å². The van der Waals surface area contributed by atoms with Crippen LogP contribution in [0.25, 0.3) is 0 Å². The minimum atomic E-state index is -0.602. The summed E-state index contributed by atoms with van der Waals surface area (Å²) >= 11 is 0. The highest BCUT2D eigenvalue weighted by Gasteiger charge is 2.43. The first-order valence-electron chi connectivity index (χ1n) is 9.46. The Hall–Kier alpha value is -2.94. The lowest BCUT2D eigenvalue weighted by Crippen LogP contribution is -2.33. The molecule has 0 unspecified atom stereocenters. The van der Waals surface area contributed by atoms with Crippen LogP contribution in [0.2, 0.25) is 0 Å². The van der Waals surface area contributed by atoms with Crippen molar-refractivity contribution in [3.05, 3.63) is 46.6 Å². The maximum absolute atomic E-state index is 13.1. The second-order valence-electron chi connectivity index (χ2n) is 7.95. The van der Waals surface area contributed by atoms with E-state index in [1.165, 1.54) is 0 Å². The quantitative estimate of drug-likeness (QED) is 0.829. The van der Waals surface area contributed by atoms with Crippen molar-refractivity contribution in [1.82, 2.24) is 0 Å².